The molecule has 0 fully saturated rings. The first-order valence-electron chi connectivity index (χ1n) is 7.65. The van der Waals surface area contributed by atoms with Crippen molar-refractivity contribution in [1.82, 2.24) is 5.43 Å². The van der Waals surface area contributed by atoms with Gasteiger partial charge in [0.05, 0.1) is 23.3 Å². The molecule has 1 amide bonds. The number of nitro benzene ring substituents is 1. The zero-order valence-corrected chi connectivity index (χ0v) is 13.9. The number of hydrazone groups is 1. The van der Waals surface area contributed by atoms with Crippen LogP contribution in [0.4, 0.5) is 5.69 Å². The number of carbonyl (C=O) groups is 1. The minimum absolute atomic E-state index is 0.0536. The van der Waals surface area contributed by atoms with Crippen molar-refractivity contribution in [2.45, 2.75) is 6.92 Å². The highest BCUT2D eigenvalue weighted by Gasteiger charge is 2.12. The largest absolute Gasteiger partial charge is 0.508 e. The van der Waals surface area contributed by atoms with Gasteiger partial charge >= 0.3 is 0 Å². The fraction of sp³-hybridized carbons (Fsp3) is 0.176. The van der Waals surface area contributed by atoms with E-state index in [1.54, 1.807) is 24.3 Å². The fourth-order valence-corrected chi connectivity index (χ4v) is 2.01. The van der Waals surface area contributed by atoms with Crippen LogP contribution in [-0.4, -0.2) is 35.4 Å². The van der Waals surface area contributed by atoms with Crippen LogP contribution in [0.1, 0.15) is 12.5 Å². The number of rotatable bonds is 8. The highest BCUT2D eigenvalue weighted by molar-refractivity contribution is 5.87. The average Bonchev–Trinajstić information content (AvgIpc) is 2.61. The maximum atomic E-state index is 11.8. The number of ether oxygens (including phenoxy) is 2. The van der Waals surface area contributed by atoms with Crippen LogP contribution in [0, 0.1) is 10.1 Å². The van der Waals surface area contributed by atoms with Crippen molar-refractivity contribution in [2.75, 3.05) is 13.2 Å². The zero-order valence-electron chi connectivity index (χ0n) is 13.9. The molecule has 2 rings (SSSR count). The van der Waals surface area contributed by atoms with Crippen molar-refractivity contribution in [3.63, 3.8) is 0 Å². The van der Waals surface area contributed by atoms with Crippen LogP contribution >= 0.6 is 0 Å². The first-order chi connectivity index (χ1) is 12.5. The Bertz CT molecular complexity index is 822. The summed E-state index contributed by atoms with van der Waals surface area (Å²) in [5, 5.41) is 24.0. The van der Waals surface area contributed by atoms with Crippen LogP contribution in [0.3, 0.4) is 0 Å². The summed E-state index contributed by atoms with van der Waals surface area (Å²) in [5.74, 6) is 0.216. The molecule has 0 atom stereocenters. The number of phenols is 1. The first kappa shape index (κ1) is 18.7. The van der Waals surface area contributed by atoms with Gasteiger partial charge in [0.15, 0.2) is 18.1 Å². The zero-order chi connectivity index (χ0) is 18.9. The molecule has 0 saturated carbocycles. The molecule has 9 nitrogen and oxygen atoms in total. The van der Waals surface area contributed by atoms with Crippen molar-refractivity contribution in [3.8, 4) is 17.2 Å². The molecule has 0 radical (unpaired) electrons. The Balaban J connectivity index is 1.94. The molecule has 0 saturated heterocycles. The number of hydrogen-bond donors (Lipinski definition) is 2. The van der Waals surface area contributed by atoms with Gasteiger partial charge in [-0.15, -0.1) is 0 Å². The van der Waals surface area contributed by atoms with E-state index in [9.17, 15) is 20.0 Å². The van der Waals surface area contributed by atoms with Gasteiger partial charge in [0.1, 0.15) is 5.75 Å². The predicted molar refractivity (Wildman–Crippen MR) is 93.6 cm³/mol. The normalized spacial score (nSPS) is 10.5. The third-order valence-electron chi connectivity index (χ3n) is 3.11. The number of phenolic OH excluding ortho intramolecular Hbond substituents is 1. The average molecular weight is 359 g/mol. The topological polar surface area (TPSA) is 123 Å². The third-order valence-corrected chi connectivity index (χ3v) is 3.11. The summed E-state index contributed by atoms with van der Waals surface area (Å²) in [5.41, 5.74) is 2.01. The van der Waals surface area contributed by atoms with Gasteiger partial charge in [-0.3, -0.25) is 14.9 Å². The van der Waals surface area contributed by atoms with Gasteiger partial charge in [0.25, 0.3) is 11.6 Å². The maximum absolute atomic E-state index is 11.8. The fourth-order valence-electron chi connectivity index (χ4n) is 2.01. The molecule has 2 N–H and O–H groups in total. The van der Waals surface area contributed by atoms with Crippen LogP contribution < -0.4 is 14.9 Å². The van der Waals surface area contributed by atoms with E-state index < -0.39 is 10.8 Å². The Kier molecular flexibility index (Phi) is 6.49. The Hall–Kier alpha value is -3.62. The molecule has 0 aliphatic rings. The van der Waals surface area contributed by atoms with Crippen LogP contribution in [0.5, 0.6) is 17.2 Å². The van der Waals surface area contributed by atoms with Crippen molar-refractivity contribution in [1.29, 1.82) is 0 Å². The predicted octanol–water partition coefficient (Wildman–Crippen LogP) is 2.23. The SMILES string of the molecule is CCOc1ccccc1OCC(=O)N/N=C\c1cc(O)ccc1[N+](=O)[O-]. The lowest BCUT2D eigenvalue weighted by Gasteiger charge is -2.10. The maximum Gasteiger partial charge on any atom is 0.278 e. The summed E-state index contributed by atoms with van der Waals surface area (Å²) in [6.45, 7) is 1.97. The van der Waals surface area contributed by atoms with E-state index in [4.69, 9.17) is 9.47 Å². The molecular weight excluding hydrogens is 342 g/mol. The second-order valence-corrected chi connectivity index (χ2v) is 4.96. The highest BCUT2D eigenvalue weighted by Crippen LogP contribution is 2.26. The minimum Gasteiger partial charge on any atom is -0.508 e. The number of aromatic hydroxyl groups is 1. The summed E-state index contributed by atoms with van der Waals surface area (Å²) in [6, 6.07) is 10.4. The molecular formula is C17H17N3O6. The van der Waals surface area contributed by atoms with Gasteiger partial charge in [0, 0.05) is 6.07 Å². The van der Waals surface area contributed by atoms with Crippen molar-refractivity contribution < 1.29 is 24.3 Å². The highest BCUT2D eigenvalue weighted by atomic mass is 16.6. The summed E-state index contributed by atoms with van der Waals surface area (Å²) in [6.07, 6.45) is 1.07. The van der Waals surface area contributed by atoms with Crippen LogP contribution in [0.2, 0.25) is 0 Å². The molecule has 2 aromatic rings. The van der Waals surface area contributed by atoms with Crippen molar-refractivity contribution in [2.24, 2.45) is 5.10 Å². The van der Waals surface area contributed by atoms with Crippen LogP contribution in [-0.2, 0) is 4.79 Å². The monoisotopic (exact) mass is 359 g/mol. The van der Waals surface area contributed by atoms with Crippen molar-refractivity contribution >= 4 is 17.8 Å². The molecule has 0 spiro atoms. The lowest BCUT2D eigenvalue weighted by molar-refractivity contribution is -0.385. The molecule has 2 aromatic carbocycles. The number of para-hydroxylation sites is 2. The first-order valence-corrected chi connectivity index (χ1v) is 7.65. The molecule has 0 aromatic heterocycles. The Morgan fingerprint density at radius 2 is 1.96 bits per heavy atom. The molecule has 0 aliphatic heterocycles. The molecule has 0 bridgehead atoms. The van der Waals surface area contributed by atoms with E-state index in [0.29, 0.717) is 18.1 Å². The second-order valence-electron chi connectivity index (χ2n) is 4.96. The molecule has 0 aliphatic carbocycles. The minimum atomic E-state index is -0.615. The van der Waals surface area contributed by atoms with Crippen LogP contribution in [0.25, 0.3) is 0 Å². The van der Waals surface area contributed by atoms with Gasteiger partial charge in [-0.1, -0.05) is 12.1 Å². The van der Waals surface area contributed by atoms with E-state index in [-0.39, 0.29) is 23.6 Å². The summed E-state index contributed by atoms with van der Waals surface area (Å²) in [4.78, 5) is 22.1. The summed E-state index contributed by atoms with van der Waals surface area (Å²) in [7, 11) is 0. The third kappa shape index (κ3) is 5.20. The number of benzene rings is 2. The van der Waals surface area contributed by atoms with Gasteiger partial charge < -0.3 is 14.6 Å². The lowest BCUT2D eigenvalue weighted by atomic mass is 10.2. The Morgan fingerprint density at radius 1 is 1.27 bits per heavy atom. The van der Waals surface area contributed by atoms with Gasteiger partial charge in [-0.05, 0) is 31.2 Å². The standard InChI is InChI=1S/C17H17N3O6/c1-2-25-15-5-3-4-6-16(15)26-11-17(22)19-18-10-12-9-13(21)7-8-14(12)20(23)24/h3-10,21H,2,11H2,1H3,(H,19,22)/b18-10-. The number of hydrogen-bond acceptors (Lipinski definition) is 7. The quantitative estimate of drug-likeness (QED) is 0.423. The summed E-state index contributed by atoms with van der Waals surface area (Å²) >= 11 is 0. The van der Waals surface area contributed by atoms with E-state index in [1.807, 2.05) is 6.92 Å². The Morgan fingerprint density at radius 3 is 2.62 bits per heavy atom. The van der Waals surface area contributed by atoms with E-state index in [1.165, 1.54) is 12.1 Å². The summed E-state index contributed by atoms with van der Waals surface area (Å²) < 4.78 is 10.8. The van der Waals surface area contributed by atoms with Gasteiger partial charge in [-0.2, -0.15) is 5.10 Å². The Labute approximate surface area is 149 Å². The van der Waals surface area contributed by atoms with Crippen LogP contribution in [0.15, 0.2) is 47.6 Å². The molecule has 0 unspecified atom stereocenters. The number of amides is 1. The number of nitrogens with zero attached hydrogens (tertiary/aromatic N) is 2. The number of nitro groups is 1. The molecule has 0 heterocycles. The van der Waals surface area contributed by atoms with Crippen molar-refractivity contribution in [3.05, 3.63) is 58.1 Å². The van der Waals surface area contributed by atoms with E-state index >= 15 is 0 Å². The van der Waals surface area contributed by atoms with E-state index in [2.05, 4.69) is 10.5 Å². The van der Waals surface area contributed by atoms with Gasteiger partial charge in [0.2, 0.25) is 0 Å². The molecule has 26 heavy (non-hydrogen) atoms. The number of carbonyl (C=O) groups excluding carboxylic acids is 1. The smallest absolute Gasteiger partial charge is 0.278 e. The molecule has 136 valence electrons. The molecule has 9 heteroatoms. The lowest BCUT2D eigenvalue weighted by Crippen LogP contribution is -2.24. The van der Waals surface area contributed by atoms with E-state index in [0.717, 1.165) is 12.3 Å². The number of nitrogens with one attached hydrogen (secondary N) is 1. The van der Waals surface area contributed by atoms with Gasteiger partial charge in [-0.25, -0.2) is 5.43 Å². The second kappa shape index (κ2) is 9.02.